The monoisotopic (exact) mass is 415 g/mol. The van der Waals surface area contributed by atoms with E-state index in [1.165, 1.54) is 6.07 Å². The van der Waals surface area contributed by atoms with Gasteiger partial charge in [0.1, 0.15) is 22.8 Å². The van der Waals surface area contributed by atoms with Crippen LogP contribution in [-0.4, -0.2) is 48.5 Å². The number of esters is 2. The fraction of sp³-hybridized carbons (Fsp3) is 0.286. The summed E-state index contributed by atoms with van der Waals surface area (Å²) in [7, 11) is 0. The Hall–Kier alpha value is -3.75. The fourth-order valence-corrected chi connectivity index (χ4v) is 2.58. The normalized spacial score (nSPS) is 10.6. The average molecular weight is 415 g/mol. The quantitative estimate of drug-likeness (QED) is 0.526. The maximum absolute atomic E-state index is 11.4. The molecule has 1 heterocycles. The number of hydrogen-bond acceptors (Lipinski definition) is 9. The summed E-state index contributed by atoms with van der Waals surface area (Å²) in [5.74, 6) is -0.157. The van der Waals surface area contributed by atoms with Crippen LogP contribution in [0.2, 0.25) is 0 Å². The van der Waals surface area contributed by atoms with Crippen molar-refractivity contribution >= 4 is 23.0 Å². The van der Waals surface area contributed by atoms with Gasteiger partial charge in [-0.25, -0.2) is 14.6 Å². The molecule has 0 aliphatic heterocycles. The number of nitrogens with zero attached hydrogens (tertiary/aromatic N) is 1. The van der Waals surface area contributed by atoms with Gasteiger partial charge in [0.05, 0.1) is 18.8 Å². The Balaban J connectivity index is 1.73. The first-order chi connectivity index (χ1) is 14.5. The summed E-state index contributed by atoms with van der Waals surface area (Å²) < 4.78 is 26.0. The molecule has 30 heavy (non-hydrogen) atoms. The molecule has 9 nitrogen and oxygen atoms in total. The van der Waals surface area contributed by atoms with Crippen molar-refractivity contribution in [1.82, 2.24) is 4.98 Å². The number of aromatic nitrogens is 1. The largest absolute Gasteiger partial charge is 0.507 e. The van der Waals surface area contributed by atoms with Crippen molar-refractivity contribution in [3.63, 3.8) is 0 Å². The zero-order chi connectivity index (χ0) is 21.5. The lowest BCUT2D eigenvalue weighted by molar-refractivity contribution is -0.146. The van der Waals surface area contributed by atoms with Gasteiger partial charge in [-0.3, -0.25) is 0 Å². The zero-order valence-corrected chi connectivity index (χ0v) is 16.5. The van der Waals surface area contributed by atoms with Crippen LogP contribution in [0, 0.1) is 0 Å². The number of hydrogen-bond donors (Lipinski definition) is 1. The van der Waals surface area contributed by atoms with Crippen molar-refractivity contribution in [3.8, 4) is 28.7 Å². The predicted octanol–water partition coefficient (Wildman–Crippen LogP) is 3.08. The summed E-state index contributed by atoms with van der Waals surface area (Å²) in [4.78, 5) is 27.1. The van der Waals surface area contributed by atoms with E-state index in [1.54, 1.807) is 44.2 Å². The van der Waals surface area contributed by atoms with E-state index in [9.17, 15) is 14.7 Å². The topological polar surface area (TPSA) is 117 Å². The minimum Gasteiger partial charge on any atom is -0.507 e. The molecule has 1 N–H and O–H groups in total. The number of carbonyl (C=O) groups is 2. The highest BCUT2D eigenvalue weighted by molar-refractivity contribution is 5.79. The number of aromatic hydroxyl groups is 1. The van der Waals surface area contributed by atoms with Crippen molar-refractivity contribution in [2.45, 2.75) is 13.8 Å². The molecule has 9 heteroatoms. The minimum absolute atomic E-state index is 0.123. The number of oxazole rings is 1. The van der Waals surface area contributed by atoms with Crippen LogP contribution >= 0.6 is 0 Å². The van der Waals surface area contributed by atoms with Crippen LogP contribution < -0.4 is 9.47 Å². The number of phenolic OH excluding ortho intramolecular Hbond substituents is 1. The van der Waals surface area contributed by atoms with E-state index >= 15 is 0 Å². The van der Waals surface area contributed by atoms with Gasteiger partial charge in [0.25, 0.3) is 0 Å². The van der Waals surface area contributed by atoms with Gasteiger partial charge in [0.15, 0.2) is 18.8 Å². The molecule has 0 amide bonds. The molecule has 0 aliphatic carbocycles. The Morgan fingerprint density at radius 1 is 0.933 bits per heavy atom. The maximum Gasteiger partial charge on any atom is 0.344 e. The zero-order valence-electron chi connectivity index (χ0n) is 16.5. The van der Waals surface area contributed by atoms with Crippen LogP contribution in [0.3, 0.4) is 0 Å². The summed E-state index contributed by atoms with van der Waals surface area (Å²) >= 11 is 0. The molecular formula is C21H21NO8. The average Bonchev–Trinajstić information content (AvgIpc) is 3.14. The van der Waals surface area contributed by atoms with Crippen LogP contribution in [0.15, 0.2) is 40.8 Å². The van der Waals surface area contributed by atoms with E-state index < -0.39 is 11.9 Å². The van der Waals surface area contributed by atoms with Gasteiger partial charge < -0.3 is 28.5 Å². The molecule has 158 valence electrons. The highest BCUT2D eigenvalue weighted by Gasteiger charge is 2.15. The minimum atomic E-state index is -0.499. The number of phenols is 1. The summed E-state index contributed by atoms with van der Waals surface area (Å²) in [5.41, 5.74) is 1.33. The Bertz CT molecular complexity index is 1040. The number of fused-ring (bicyclic) bond motifs is 1. The summed E-state index contributed by atoms with van der Waals surface area (Å²) in [6, 6.07) is 9.42. The SMILES string of the molecule is CCOC(=O)COc1ccc(-c2nc3cc(OCC(=O)OCC)ccc3o2)c(O)c1. The third-order valence-electron chi connectivity index (χ3n) is 3.88. The maximum atomic E-state index is 11.4. The van der Waals surface area contributed by atoms with Gasteiger partial charge in [0.2, 0.25) is 5.89 Å². The van der Waals surface area contributed by atoms with Crippen molar-refractivity contribution in [2.75, 3.05) is 26.4 Å². The van der Waals surface area contributed by atoms with E-state index in [0.717, 1.165) is 0 Å². The third-order valence-corrected chi connectivity index (χ3v) is 3.88. The number of carbonyl (C=O) groups excluding carboxylic acids is 2. The number of ether oxygens (including phenoxy) is 4. The first kappa shape index (κ1) is 21.0. The molecule has 3 rings (SSSR count). The Labute approximate surface area is 172 Å². The fourth-order valence-electron chi connectivity index (χ4n) is 2.58. The molecule has 0 atom stereocenters. The predicted molar refractivity (Wildman–Crippen MR) is 105 cm³/mol. The van der Waals surface area contributed by atoms with E-state index in [1.807, 2.05) is 0 Å². The summed E-state index contributed by atoms with van der Waals surface area (Å²) in [6.07, 6.45) is 0. The highest BCUT2D eigenvalue weighted by atomic mass is 16.6. The molecule has 0 fully saturated rings. The molecule has 0 aliphatic rings. The Morgan fingerprint density at radius 3 is 2.13 bits per heavy atom. The first-order valence-corrected chi connectivity index (χ1v) is 9.31. The molecule has 3 aromatic rings. The van der Waals surface area contributed by atoms with Crippen molar-refractivity contribution in [2.24, 2.45) is 0 Å². The van der Waals surface area contributed by atoms with Crippen molar-refractivity contribution < 1.29 is 38.1 Å². The lowest BCUT2D eigenvalue weighted by Gasteiger charge is -2.07. The van der Waals surface area contributed by atoms with Crippen LogP contribution in [0.25, 0.3) is 22.6 Å². The highest BCUT2D eigenvalue weighted by Crippen LogP contribution is 2.34. The van der Waals surface area contributed by atoms with Gasteiger partial charge in [0, 0.05) is 12.1 Å². The summed E-state index contributed by atoms with van der Waals surface area (Å²) in [6.45, 7) is 3.50. The molecule has 0 unspecified atom stereocenters. The van der Waals surface area contributed by atoms with E-state index in [2.05, 4.69) is 4.98 Å². The second-order valence-corrected chi connectivity index (χ2v) is 6.01. The van der Waals surface area contributed by atoms with Gasteiger partial charge in [-0.05, 0) is 38.1 Å². The third kappa shape index (κ3) is 5.19. The van der Waals surface area contributed by atoms with Crippen molar-refractivity contribution in [3.05, 3.63) is 36.4 Å². The van der Waals surface area contributed by atoms with Gasteiger partial charge in [-0.15, -0.1) is 0 Å². The molecule has 0 saturated heterocycles. The smallest absolute Gasteiger partial charge is 0.344 e. The lowest BCUT2D eigenvalue weighted by atomic mass is 10.2. The van der Waals surface area contributed by atoms with Gasteiger partial charge in [-0.1, -0.05) is 0 Å². The molecule has 0 saturated carbocycles. The molecular weight excluding hydrogens is 394 g/mol. The Kier molecular flexibility index (Phi) is 6.74. The Morgan fingerprint density at radius 2 is 1.53 bits per heavy atom. The molecule has 2 aromatic carbocycles. The second kappa shape index (κ2) is 9.64. The number of benzene rings is 2. The van der Waals surface area contributed by atoms with Crippen LogP contribution in [0.5, 0.6) is 17.2 Å². The van der Waals surface area contributed by atoms with Gasteiger partial charge >= 0.3 is 11.9 Å². The van der Waals surface area contributed by atoms with Crippen LogP contribution in [-0.2, 0) is 19.1 Å². The van der Waals surface area contributed by atoms with E-state index in [-0.39, 0.29) is 38.1 Å². The van der Waals surface area contributed by atoms with Crippen molar-refractivity contribution in [1.29, 1.82) is 0 Å². The lowest BCUT2D eigenvalue weighted by Crippen LogP contribution is -2.14. The van der Waals surface area contributed by atoms with Crippen LogP contribution in [0.1, 0.15) is 13.8 Å². The molecule has 0 spiro atoms. The summed E-state index contributed by atoms with van der Waals surface area (Å²) in [5, 5.41) is 10.3. The molecule has 1 aromatic heterocycles. The van der Waals surface area contributed by atoms with E-state index in [0.29, 0.717) is 28.2 Å². The molecule has 0 radical (unpaired) electrons. The van der Waals surface area contributed by atoms with Crippen LogP contribution in [0.4, 0.5) is 0 Å². The molecule has 0 bridgehead atoms. The standard InChI is InChI=1S/C21H21NO8/c1-3-26-19(24)11-28-13-6-8-18-16(9-13)22-21(30-18)15-7-5-14(10-17(15)23)29-12-20(25)27-4-2/h5-10,23H,3-4,11-12H2,1-2H3. The number of rotatable bonds is 9. The second-order valence-electron chi connectivity index (χ2n) is 6.01. The van der Waals surface area contributed by atoms with E-state index in [4.69, 9.17) is 23.4 Å². The van der Waals surface area contributed by atoms with Gasteiger partial charge in [-0.2, -0.15) is 0 Å². The first-order valence-electron chi connectivity index (χ1n) is 9.31.